The van der Waals surface area contributed by atoms with E-state index in [0.29, 0.717) is 5.56 Å². The Morgan fingerprint density at radius 1 is 0.822 bits per heavy atom. The number of hydrogen-bond acceptors (Lipinski definition) is 10. The minimum atomic E-state index is -1.82. The Labute approximate surface area is 262 Å². The molecule has 10 nitrogen and oxygen atoms in total. The van der Waals surface area contributed by atoms with Crippen molar-refractivity contribution in [3.8, 4) is 0 Å². The lowest BCUT2D eigenvalue weighted by Gasteiger charge is -2.65. The number of hydrogen-bond donors (Lipinski definition) is 1. The van der Waals surface area contributed by atoms with Crippen LogP contribution < -0.4 is 0 Å². The zero-order chi connectivity index (χ0) is 32.8. The molecule has 3 fully saturated rings. The van der Waals surface area contributed by atoms with Crippen molar-refractivity contribution in [3.63, 3.8) is 0 Å². The second-order valence-electron chi connectivity index (χ2n) is 13.1. The molecule has 1 saturated heterocycles. The average Bonchev–Trinajstić information content (AvgIpc) is 3.15. The van der Waals surface area contributed by atoms with Crippen molar-refractivity contribution < 1.29 is 48.0 Å². The van der Waals surface area contributed by atoms with E-state index in [-0.39, 0.29) is 12.8 Å². The van der Waals surface area contributed by atoms with Crippen molar-refractivity contribution in [2.24, 2.45) is 11.3 Å². The van der Waals surface area contributed by atoms with Gasteiger partial charge in [0.25, 0.3) is 0 Å². The van der Waals surface area contributed by atoms with Gasteiger partial charge in [0.15, 0.2) is 6.10 Å². The summed E-state index contributed by atoms with van der Waals surface area (Å²) in [5.41, 5.74) is -5.11. The Balaban J connectivity index is 1.67. The Bertz CT molecular complexity index is 1480. The zero-order valence-electron chi connectivity index (χ0n) is 26.4. The van der Waals surface area contributed by atoms with Crippen LogP contribution in [0.3, 0.4) is 0 Å². The van der Waals surface area contributed by atoms with Gasteiger partial charge in [-0.25, -0.2) is 9.59 Å². The molecule has 1 heterocycles. The first-order valence-electron chi connectivity index (χ1n) is 15.1. The number of aliphatic hydroxyl groups is 1. The van der Waals surface area contributed by atoms with E-state index in [4.69, 9.17) is 23.7 Å². The third-order valence-corrected chi connectivity index (χ3v) is 9.67. The van der Waals surface area contributed by atoms with Gasteiger partial charge in [0, 0.05) is 32.3 Å². The van der Waals surface area contributed by atoms with Crippen molar-refractivity contribution in [1.82, 2.24) is 0 Å². The van der Waals surface area contributed by atoms with Gasteiger partial charge in [-0.2, -0.15) is 0 Å². The SMILES string of the molecule is CC(=O)OC1CC(C)(O)C23OC(C)(C)C(CC(OC(=O)c4ccccc4)C2(C)C1OC(=O)C=Cc1ccccc1)C3OC(C)=O. The number of benzene rings is 2. The minimum Gasteiger partial charge on any atom is -0.459 e. The highest BCUT2D eigenvalue weighted by atomic mass is 16.6. The van der Waals surface area contributed by atoms with E-state index in [1.165, 1.54) is 26.8 Å². The van der Waals surface area contributed by atoms with Gasteiger partial charge in [0.1, 0.15) is 23.9 Å². The van der Waals surface area contributed by atoms with E-state index in [1.54, 1.807) is 43.3 Å². The molecule has 10 heteroatoms. The van der Waals surface area contributed by atoms with E-state index in [1.807, 2.05) is 44.2 Å². The summed E-state index contributed by atoms with van der Waals surface area (Å²) in [6.45, 7) is 9.33. The van der Waals surface area contributed by atoms with Crippen LogP contribution in [0.4, 0.5) is 0 Å². The molecule has 8 atom stereocenters. The lowest BCUT2D eigenvalue weighted by molar-refractivity contribution is -0.344. The molecule has 2 aliphatic carbocycles. The third-order valence-electron chi connectivity index (χ3n) is 9.67. The van der Waals surface area contributed by atoms with Gasteiger partial charge >= 0.3 is 23.9 Å². The first kappa shape index (κ1) is 32.4. The van der Waals surface area contributed by atoms with Crippen LogP contribution in [0, 0.1) is 11.3 Å². The van der Waals surface area contributed by atoms with Crippen LogP contribution in [-0.4, -0.2) is 70.2 Å². The lowest BCUT2D eigenvalue weighted by Crippen LogP contribution is -2.81. The summed E-state index contributed by atoms with van der Waals surface area (Å²) in [7, 11) is 0. The third kappa shape index (κ3) is 5.55. The number of rotatable bonds is 7. The molecule has 45 heavy (non-hydrogen) atoms. The quantitative estimate of drug-likeness (QED) is 0.269. The van der Waals surface area contributed by atoms with Crippen molar-refractivity contribution in [1.29, 1.82) is 0 Å². The molecule has 2 bridgehead atoms. The largest absolute Gasteiger partial charge is 0.459 e. The predicted molar refractivity (Wildman–Crippen MR) is 161 cm³/mol. The molecule has 1 aliphatic heterocycles. The van der Waals surface area contributed by atoms with E-state index in [2.05, 4.69) is 0 Å². The van der Waals surface area contributed by atoms with Crippen molar-refractivity contribution >= 4 is 30.0 Å². The van der Waals surface area contributed by atoms with Crippen LogP contribution in [-0.2, 0) is 38.1 Å². The summed E-state index contributed by atoms with van der Waals surface area (Å²) in [5, 5.41) is 12.4. The standard InChI is InChI=1S/C35H40O10/c1-21(36)41-26-20-33(5,40)35-29(42-22(2)37)25(32(3,4)45-35)19-27(43-31(39)24-15-11-8-12-16-24)34(35,6)30(26)44-28(38)18-17-23-13-9-7-10-14-23/h7-18,25-27,29-30,40H,19-20H2,1-6H3. The van der Waals surface area contributed by atoms with Crippen LogP contribution in [0.15, 0.2) is 66.7 Å². The van der Waals surface area contributed by atoms with Gasteiger partial charge in [0.2, 0.25) is 0 Å². The molecule has 3 aliphatic rings. The highest BCUT2D eigenvalue weighted by Gasteiger charge is 2.84. The van der Waals surface area contributed by atoms with Crippen molar-refractivity contribution in [2.75, 3.05) is 0 Å². The topological polar surface area (TPSA) is 135 Å². The summed E-state index contributed by atoms with van der Waals surface area (Å²) in [6, 6.07) is 17.6. The zero-order valence-corrected chi connectivity index (χ0v) is 26.4. The summed E-state index contributed by atoms with van der Waals surface area (Å²) < 4.78 is 30.9. The number of esters is 4. The first-order chi connectivity index (χ1) is 21.1. The van der Waals surface area contributed by atoms with Gasteiger partial charge in [-0.05, 0) is 57.9 Å². The summed E-state index contributed by atoms with van der Waals surface area (Å²) in [4.78, 5) is 52.0. The van der Waals surface area contributed by atoms with Gasteiger partial charge in [-0.3, -0.25) is 9.59 Å². The van der Waals surface area contributed by atoms with E-state index < -0.39 is 76.4 Å². The number of carbonyl (C=O) groups excluding carboxylic acids is 4. The molecule has 5 rings (SSSR count). The van der Waals surface area contributed by atoms with Gasteiger partial charge in [-0.15, -0.1) is 0 Å². The molecule has 2 aromatic carbocycles. The second-order valence-corrected chi connectivity index (χ2v) is 13.1. The fourth-order valence-electron chi connectivity index (χ4n) is 7.86. The van der Waals surface area contributed by atoms with Crippen LogP contribution >= 0.6 is 0 Å². The molecular formula is C35H40O10. The van der Waals surface area contributed by atoms with Gasteiger partial charge in [-0.1, -0.05) is 48.5 Å². The normalized spacial score (nSPS) is 34.8. The summed E-state index contributed by atoms with van der Waals surface area (Å²) in [5.74, 6) is -3.16. The predicted octanol–water partition coefficient (Wildman–Crippen LogP) is 4.43. The average molecular weight is 621 g/mol. The van der Waals surface area contributed by atoms with Crippen LogP contribution in [0.2, 0.25) is 0 Å². The Kier molecular flexibility index (Phi) is 8.44. The molecule has 1 spiro atoms. The number of ether oxygens (including phenoxy) is 5. The molecule has 0 radical (unpaired) electrons. The lowest BCUT2D eigenvalue weighted by atomic mass is 9.47. The molecule has 0 amide bonds. The van der Waals surface area contributed by atoms with Crippen LogP contribution in [0.5, 0.6) is 0 Å². The molecule has 8 unspecified atom stereocenters. The fourth-order valence-corrected chi connectivity index (χ4v) is 7.86. The van der Waals surface area contributed by atoms with Gasteiger partial charge in [0.05, 0.1) is 22.2 Å². The fraction of sp³-hybridized carbons (Fsp3) is 0.486. The van der Waals surface area contributed by atoms with E-state index in [0.717, 1.165) is 5.56 Å². The van der Waals surface area contributed by atoms with Crippen LogP contribution in [0.25, 0.3) is 6.08 Å². The van der Waals surface area contributed by atoms with Crippen molar-refractivity contribution in [2.45, 2.75) is 95.6 Å². The van der Waals surface area contributed by atoms with E-state index in [9.17, 15) is 24.3 Å². The number of carbonyl (C=O) groups is 4. The molecule has 2 aromatic rings. The Morgan fingerprint density at radius 2 is 1.42 bits per heavy atom. The maximum Gasteiger partial charge on any atom is 0.338 e. The monoisotopic (exact) mass is 620 g/mol. The van der Waals surface area contributed by atoms with Crippen LogP contribution in [0.1, 0.15) is 70.3 Å². The smallest absolute Gasteiger partial charge is 0.338 e. The maximum absolute atomic E-state index is 13.6. The van der Waals surface area contributed by atoms with E-state index >= 15 is 0 Å². The van der Waals surface area contributed by atoms with Gasteiger partial charge < -0.3 is 28.8 Å². The Morgan fingerprint density at radius 3 is 2.02 bits per heavy atom. The number of fused-ring (bicyclic) bond motifs is 1. The summed E-state index contributed by atoms with van der Waals surface area (Å²) in [6.07, 6.45) is -1.76. The molecule has 0 aromatic heterocycles. The minimum absolute atomic E-state index is 0.137. The highest BCUT2D eigenvalue weighted by Crippen LogP contribution is 2.69. The van der Waals surface area contributed by atoms with Crippen molar-refractivity contribution in [3.05, 3.63) is 77.9 Å². The molecule has 2 saturated carbocycles. The Hall–Kier alpha value is -4.02. The highest BCUT2D eigenvalue weighted by molar-refractivity contribution is 5.89. The maximum atomic E-state index is 13.6. The second kappa shape index (κ2) is 11.7. The molecule has 240 valence electrons. The molecule has 1 N–H and O–H groups in total. The molecular weight excluding hydrogens is 580 g/mol. The summed E-state index contributed by atoms with van der Waals surface area (Å²) >= 11 is 0. The first-order valence-corrected chi connectivity index (χ1v) is 15.1.